The molecule has 1 rings (SSSR count). The average Bonchev–Trinajstić information content (AvgIpc) is 2.28. The van der Waals surface area contributed by atoms with Gasteiger partial charge in [0.1, 0.15) is 0 Å². The highest BCUT2D eigenvalue weighted by Crippen LogP contribution is 2.11. The zero-order valence-corrected chi connectivity index (χ0v) is 10.4. The van der Waals surface area contributed by atoms with Crippen molar-refractivity contribution >= 4 is 23.5 Å². The molecule has 0 bridgehead atoms. The van der Waals surface area contributed by atoms with E-state index in [-0.39, 0.29) is 12.5 Å². The van der Waals surface area contributed by atoms with Gasteiger partial charge in [-0.2, -0.15) is 0 Å². The van der Waals surface area contributed by atoms with Crippen LogP contribution in [0.4, 0.5) is 0 Å². The summed E-state index contributed by atoms with van der Waals surface area (Å²) >= 11 is 5.72. The van der Waals surface area contributed by atoms with Gasteiger partial charge in [-0.1, -0.05) is 18.5 Å². The van der Waals surface area contributed by atoms with Gasteiger partial charge in [-0.3, -0.25) is 9.59 Å². The fourth-order valence-electron chi connectivity index (χ4n) is 1.38. The highest BCUT2D eigenvalue weighted by Gasteiger charge is 2.18. The van der Waals surface area contributed by atoms with Gasteiger partial charge in [-0.25, -0.2) is 0 Å². The van der Waals surface area contributed by atoms with Crippen LogP contribution in [0, 0.1) is 5.92 Å². The molecular formula is C12H14ClNO3. The van der Waals surface area contributed by atoms with E-state index < -0.39 is 11.9 Å². The Morgan fingerprint density at radius 1 is 1.35 bits per heavy atom. The van der Waals surface area contributed by atoms with E-state index in [9.17, 15) is 9.59 Å². The normalized spacial score (nSPS) is 11.9. The number of rotatable bonds is 4. The first-order valence-corrected chi connectivity index (χ1v) is 5.53. The Kier molecular flexibility index (Phi) is 4.52. The van der Waals surface area contributed by atoms with Gasteiger partial charge in [-0.05, 0) is 24.3 Å². The fourth-order valence-corrected chi connectivity index (χ4v) is 1.51. The number of carbonyl (C=O) groups excluding carboxylic acids is 1. The monoisotopic (exact) mass is 255 g/mol. The molecule has 0 heterocycles. The summed E-state index contributed by atoms with van der Waals surface area (Å²) in [5.74, 6) is -1.72. The molecule has 0 aliphatic heterocycles. The molecule has 0 aliphatic carbocycles. The molecule has 0 radical (unpaired) electrons. The van der Waals surface area contributed by atoms with Crippen molar-refractivity contribution < 1.29 is 14.7 Å². The summed E-state index contributed by atoms with van der Waals surface area (Å²) in [4.78, 5) is 24.0. The van der Waals surface area contributed by atoms with E-state index in [1.807, 2.05) is 0 Å². The summed E-state index contributed by atoms with van der Waals surface area (Å²) in [6, 6.07) is 6.49. The molecule has 4 nitrogen and oxygen atoms in total. The molecule has 1 unspecified atom stereocenters. The average molecular weight is 256 g/mol. The maximum Gasteiger partial charge on any atom is 0.308 e. The van der Waals surface area contributed by atoms with Crippen molar-refractivity contribution in [3.63, 3.8) is 0 Å². The van der Waals surface area contributed by atoms with Crippen LogP contribution in [0.25, 0.3) is 0 Å². The van der Waals surface area contributed by atoms with Crippen molar-refractivity contribution in [2.24, 2.45) is 5.92 Å². The Bertz CT molecular complexity index is 416. The Balaban J connectivity index is 2.70. The number of carboxylic acids is 1. The number of hydrogen-bond acceptors (Lipinski definition) is 2. The zero-order chi connectivity index (χ0) is 13.0. The van der Waals surface area contributed by atoms with Crippen molar-refractivity contribution in [2.45, 2.75) is 6.92 Å². The van der Waals surface area contributed by atoms with Crippen LogP contribution in [-0.2, 0) is 4.79 Å². The lowest BCUT2D eigenvalue weighted by molar-refractivity contribution is -0.141. The molecule has 1 aromatic carbocycles. The summed E-state index contributed by atoms with van der Waals surface area (Å²) in [7, 11) is 1.58. The third kappa shape index (κ3) is 3.75. The number of nitrogens with zero attached hydrogens (tertiary/aromatic N) is 1. The number of aliphatic carboxylic acids is 1. The second-order valence-electron chi connectivity index (χ2n) is 3.93. The first kappa shape index (κ1) is 13.5. The largest absolute Gasteiger partial charge is 0.481 e. The molecule has 1 N–H and O–H groups in total. The van der Waals surface area contributed by atoms with Gasteiger partial charge in [0.05, 0.1) is 5.92 Å². The summed E-state index contributed by atoms with van der Waals surface area (Å²) in [5, 5.41) is 9.32. The van der Waals surface area contributed by atoms with Crippen molar-refractivity contribution in [1.29, 1.82) is 0 Å². The Labute approximate surface area is 105 Å². The molecule has 1 atom stereocenters. The van der Waals surface area contributed by atoms with Crippen LogP contribution in [-0.4, -0.2) is 35.5 Å². The van der Waals surface area contributed by atoms with Crippen LogP contribution in [0.3, 0.4) is 0 Å². The van der Waals surface area contributed by atoms with Crippen LogP contribution < -0.4 is 0 Å². The van der Waals surface area contributed by atoms with E-state index in [4.69, 9.17) is 16.7 Å². The van der Waals surface area contributed by atoms with Gasteiger partial charge < -0.3 is 10.0 Å². The molecule has 0 spiro atoms. The quantitative estimate of drug-likeness (QED) is 0.897. The second kappa shape index (κ2) is 5.68. The molecule has 5 heteroatoms. The second-order valence-corrected chi connectivity index (χ2v) is 4.37. The van der Waals surface area contributed by atoms with Crippen LogP contribution in [0.5, 0.6) is 0 Å². The number of benzene rings is 1. The maximum atomic E-state index is 11.9. The van der Waals surface area contributed by atoms with Gasteiger partial charge in [0.25, 0.3) is 5.91 Å². The predicted octanol–water partition coefficient (Wildman–Crippen LogP) is 2.13. The highest BCUT2D eigenvalue weighted by molar-refractivity contribution is 6.30. The van der Waals surface area contributed by atoms with E-state index >= 15 is 0 Å². The first-order chi connectivity index (χ1) is 7.91. The third-order valence-electron chi connectivity index (χ3n) is 2.41. The van der Waals surface area contributed by atoms with Crippen LogP contribution in [0.1, 0.15) is 17.3 Å². The predicted molar refractivity (Wildman–Crippen MR) is 65.2 cm³/mol. The van der Waals surface area contributed by atoms with E-state index in [1.165, 1.54) is 4.90 Å². The number of carbonyl (C=O) groups is 2. The van der Waals surface area contributed by atoms with Gasteiger partial charge in [0, 0.05) is 24.2 Å². The topological polar surface area (TPSA) is 57.6 Å². The molecule has 17 heavy (non-hydrogen) atoms. The van der Waals surface area contributed by atoms with Crippen LogP contribution >= 0.6 is 11.6 Å². The Morgan fingerprint density at radius 3 is 2.35 bits per heavy atom. The SMILES string of the molecule is CC(CN(C)C(=O)c1ccc(Cl)cc1)C(=O)O. The standard InChI is InChI=1S/C12H14ClNO3/c1-8(12(16)17)7-14(2)11(15)9-3-5-10(13)6-4-9/h3-6,8H,7H2,1-2H3,(H,16,17). The van der Waals surface area contributed by atoms with Gasteiger partial charge in [0.15, 0.2) is 0 Å². The molecule has 0 saturated heterocycles. The summed E-state index contributed by atoms with van der Waals surface area (Å²) < 4.78 is 0. The molecule has 0 saturated carbocycles. The summed E-state index contributed by atoms with van der Waals surface area (Å²) in [6.07, 6.45) is 0. The number of hydrogen-bond donors (Lipinski definition) is 1. The minimum atomic E-state index is -0.916. The van der Waals surface area contributed by atoms with Gasteiger partial charge in [0.2, 0.25) is 0 Å². The Morgan fingerprint density at radius 2 is 1.88 bits per heavy atom. The van der Waals surface area contributed by atoms with Crippen molar-refractivity contribution in [3.8, 4) is 0 Å². The van der Waals surface area contributed by atoms with Crippen LogP contribution in [0.2, 0.25) is 5.02 Å². The smallest absolute Gasteiger partial charge is 0.308 e. The lowest BCUT2D eigenvalue weighted by Gasteiger charge is -2.19. The minimum Gasteiger partial charge on any atom is -0.481 e. The van der Waals surface area contributed by atoms with Crippen molar-refractivity contribution in [3.05, 3.63) is 34.9 Å². The lowest BCUT2D eigenvalue weighted by atomic mass is 10.1. The Hall–Kier alpha value is -1.55. The number of carboxylic acid groups (broad SMARTS) is 1. The zero-order valence-electron chi connectivity index (χ0n) is 9.68. The third-order valence-corrected chi connectivity index (χ3v) is 2.66. The molecular weight excluding hydrogens is 242 g/mol. The summed E-state index contributed by atoms with van der Waals surface area (Å²) in [6.45, 7) is 1.74. The van der Waals surface area contributed by atoms with E-state index in [0.29, 0.717) is 10.6 Å². The van der Waals surface area contributed by atoms with Crippen LogP contribution in [0.15, 0.2) is 24.3 Å². The van der Waals surface area contributed by atoms with E-state index in [2.05, 4.69) is 0 Å². The molecule has 0 fully saturated rings. The first-order valence-electron chi connectivity index (χ1n) is 5.15. The van der Waals surface area contributed by atoms with E-state index in [1.54, 1.807) is 38.2 Å². The van der Waals surface area contributed by atoms with Gasteiger partial charge >= 0.3 is 5.97 Å². The fraction of sp³-hybridized carbons (Fsp3) is 0.333. The maximum absolute atomic E-state index is 11.9. The number of amides is 1. The van der Waals surface area contributed by atoms with Gasteiger partial charge in [-0.15, -0.1) is 0 Å². The molecule has 1 aromatic rings. The molecule has 0 aromatic heterocycles. The minimum absolute atomic E-state index is 0.177. The molecule has 1 amide bonds. The van der Waals surface area contributed by atoms with Crippen molar-refractivity contribution in [2.75, 3.05) is 13.6 Å². The van der Waals surface area contributed by atoms with E-state index in [0.717, 1.165) is 0 Å². The highest BCUT2D eigenvalue weighted by atomic mass is 35.5. The molecule has 92 valence electrons. The number of halogens is 1. The lowest BCUT2D eigenvalue weighted by Crippen LogP contribution is -2.33. The van der Waals surface area contributed by atoms with Crippen molar-refractivity contribution in [1.82, 2.24) is 4.90 Å². The summed E-state index contributed by atoms with van der Waals surface area (Å²) in [5.41, 5.74) is 0.495. The molecule has 0 aliphatic rings.